The molecule has 1 aliphatic heterocycles. The van der Waals surface area contributed by atoms with Gasteiger partial charge in [-0.25, -0.2) is 4.98 Å². The van der Waals surface area contributed by atoms with E-state index in [1.165, 1.54) is 22.5 Å². The fourth-order valence-corrected chi connectivity index (χ4v) is 3.51. The number of thiazole rings is 1. The molecule has 4 nitrogen and oxygen atoms in total. The van der Waals surface area contributed by atoms with Crippen LogP contribution in [0.4, 0.5) is 5.69 Å². The Morgan fingerprint density at radius 2 is 2.27 bits per heavy atom. The molecule has 0 saturated heterocycles. The highest BCUT2D eigenvalue weighted by molar-refractivity contribution is 7.09. The van der Waals surface area contributed by atoms with Crippen molar-refractivity contribution >= 4 is 35.3 Å². The summed E-state index contributed by atoms with van der Waals surface area (Å²) >= 11 is 1.51. The molecule has 1 aromatic carbocycles. The lowest BCUT2D eigenvalue weighted by atomic mass is 9.99. The minimum atomic E-state index is -0.000625. The molecular formula is C16H20ClN3OS. The number of benzene rings is 1. The van der Waals surface area contributed by atoms with Gasteiger partial charge in [-0.05, 0) is 37.9 Å². The largest absolute Gasteiger partial charge is 0.330 e. The Morgan fingerprint density at radius 1 is 1.45 bits per heavy atom. The third-order valence-corrected chi connectivity index (χ3v) is 4.64. The number of anilines is 1. The molecule has 0 saturated carbocycles. The van der Waals surface area contributed by atoms with E-state index >= 15 is 0 Å². The Hall–Kier alpha value is -1.43. The SMILES string of the molecule is Cc1ccc2c(c1)CCCN2C(=O)c1csc(CCN)n1.Cl. The van der Waals surface area contributed by atoms with Crippen molar-refractivity contribution in [3.63, 3.8) is 0 Å². The molecule has 2 heterocycles. The number of amides is 1. The number of rotatable bonds is 3. The summed E-state index contributed by atoms with van der Waals surface area (Å²) in [6.45, 7) is 3.41. The lowest BCUT2D eigenvalue weighted by Crippen LogP contribution is -2.35. The Morgan fingerprint density at radius 3 is 3.05 bits per heavy atom. The lowest BCUT2D eigenvalue weighted by molar-refractivity contribution is 0.0981. The Bertz CT molecular complexity index is 671. The fourth-order valence-electron chi connectivity index (χ4n) is 2.72. The molecule has 1 amide bonds. The molecule has 0 bridgehead atoms. The van der Waals surface area contributed by atoms with E-state index in [-0.39, 0.29) is 18.3 Å². The van der Waals surface area contributed by atoms with E-state index in [4.69, 9.17) is 5.73 Å². The molecule has 0 fully saturated rings. The molecule has 0 aliphatic carbocycles. The van der Waals surface area contributed by atoms with Crippen molar-refractivity contribution in [2.75, 3.05) is 18.0 Å². The first-order valence-corrected chi connectivity index (χ1v) is 8.13. The average Bonchev–Trinajstić information content (AvgIpc) is 2.94. The first kappa shape index (κ1) is 16.9. The number of nitrogens with two attached hydrogens (primary N) is 1. The minimum absolute atomic E-state index is 0. The number of aromatic nitrogens is 1. The highest BCUT2D eigenvalue weighted by Gasteiger charge is 2.25. The standard InChI is InChI=1S/C16H19N3OS.ClH/c1-11-4-5-14-12(9-11)3-2-8-19(14)16(20)13-10-21-15(18-13)6-7-17;/h4-5,9-10H,2-3,6-8,17H2,1H3;1H. The molecule has 0 atom stereocenters. The van der Waals surface area contributed by atoms with Gasteiger partial charge in [-0.1, -0.05) is 17.7 Å². The van der Waals surface area contributed by atoms with Crippen LogP contribution in [0.3, 0.4) is 0 Å². The van der Waals surface area contributed by atoms with Crippen LogP contribution in [0.25, 0.3) is 0 Å². The van der Waals surface area contributed by atoms with E-state index in [2.05, 4.69) is 30.1 Å². The van der Waals surface area contributed by atoms with Gasteiger partial charge in [0, 0.05) is 24.0 Å². The van der Waals surface area contributed by atoms with Gasteiger partial charge in [0.2, 0.25) is 0 Å². The maximum atomic E-state index is 12.7. The molecule has 22 heavy (non-hydrogen) atoms. The fraction of sp³-hybridized carbons (Fsp3) is 0.375. The zero-order valence-corrected chi connectivity index (χ0v) is 14.2. The van der Waals surface area contributed by atoms with Crippen LogP contribution in [0, 0.1) is 6.92 Å². The molecule has 1 aromatic heterocycles. The van der Waals surface area contributed by atoms with E-state index in [9.17, 15) is 4.79 Å². The van der Waals surface area contributed by atoms with E-state index in [0.717, 1.165) is 36.5 Å². The molecule has 1 aliphatic rings. The second-order valence-electron chi connectivity index (χ2n) is 5.36. The van der Waals surface area contributed by atoms with Crippen molar-refractivity contribution in [3.8, 4) is 0 Å². The van der Waals surface area contributed by atoms with Crippen LogP contribution in [0.15, 0.2) is 23.6 Å². The first-order chi connectivity index (χ1) is 10.2. The van der Waals surface area contributed by atoms with Gasteiger partial charge in [-0.15, -0.1) is 23.7 Å². The highest BCUT2D eigenvalue weighted by Crippen LogP contribution is 2.29. The van der Waals surface area contributed by atoms with Gasteiger partial charge in [0.05, 0.1) is 5.01 Å². The van der Waals surface area contributed by atoms with Crippen LogP contribution in [-0.2, 0) is 12.8 Å². The molecule has 118 valence electrons. The van der Waals surface area contributed by atoms with Crippen molar-refractivity contribution in [1.82, 2.24) is 4.98 Å². The van der Waals surface area contributed by atoms with E-state index in [1.807, 2.05) is 10.3 Å². The molecule has 6 heteroatoms. The predicted octanol–water partition coefficient (Wildman–Crippen LogP) is 2.97. The zero-order chi connectivity index (χ0) is 14.8. The highest BCUT2D eigenvalue weighted by atomic mass is 35.5. The van der Waals surface area contributed by atoms with E-state index < -0.39 is 0 Å². The molecule has 0 unspecified atom stereocenters. The van der Waals surface area contributed by atoms with Crippen molar-refractivity contribution < 1.29 is 4.79 Å². The van der Waals surface area contributed by atoms with Gasteiger partial charge in [0.25, 0.3) is 5.91 Å². The number of carbonyl (C=O) groups excluding carboxylic acids is 1. The summed E-state index contributed by atoms with van der Waals surface area (Å²) in [4.78, 5) is 19.0. The van der Waals surface area contributed by atoms with Crippen LogP contribution in [-0.4, -0.2) is 24.0 Å². The Balaban J connectivity index is 0.00000176. The van der Waals surface area contributed by atoms with Crippen LogP contribution < -0.4 is 10.6 Å². The maximum Gasteiger partial charge on any atom is 0.277 e. The number of fused-ring (bicyclic) bond motifs is 1. The van der Waals surface area contributed by atoms with Crippen molar-refractivity contribution in [3.05, 3.63) is 45.4 Å². The van der Waals surface area contributed by atoms with Crippen LogP contribution >= 0.6 is 23.7 Å². The second kappa shape index (κ2) is 7.22. The van der Waals surface area contributed by atoms with Gasteiger partial charge in [-0.2, -0.15) is 0 Å². The number of aryl methyl sites for hydroxylation is 2. The van der Waals surface area contributed by atoms with Crippen LogP contribution in [0.5, 0.6) is 0 Å². The molecule has 0 radical (unpaired) electrons. The summed E-state index contributed by atoms with van der Waals surface area (Å²) < 4.78 is 0. The number of carbonyl (C=O) groups is 1. The maximum absolute atomic E-state index is 12.7. The average molecular weight is 338 g/mol. The summed E-state index contributed by atoms with van der Waals surface area (Å²) in [5.41, 5.74) is 9.60. The number of halogens is 1. The summed E-state index contributed by atoms with van der Waals surface area (Å²) in [6, 6.07) is 6.29. The number of nitrogens with zero attached hydrogens (tertiary/aromatic N) is 2. The third kappa shape index (κ3) is 3.32. The molecule has 0 spiro atoms. The predicted molar refractivity (Wildman–Crippen MR) is 93.3 cm³/mol. The van der Waals surface area contributed by atoms with Crippen LogP contribution in [0.1, 0.15) is 33.0 Å². The number of hydrogen-bond acceptors (Lipinski definition) is 4. The summed E-state index contributed by atoms with van der Waals surface area (Å²) in [7, 11) is 0. The zero-order valence-electron chi connectivity index (χ0n) is 12.5. The smallest absolute Gasteiger partial charge is 0.277 e. The Labute approximate surface area is 140 Å². The Kier molecular flexibility index (Phi) is 5.56. The quantitative estimate of drug-likeness (QED) is 0.936. The van der Waals surface area contributed by atoms with Gasteiger partial charge in [-0.3, -0.25) is 4.79 Å². The second-order valence-corrected chi connectivity index (χ2v) is 6.30. The third-order valence-electron chi connectivity index (χ3n) is 3.73. The lowest BCUT2D eigenvalue weighted by Gasteiger charge is -2.29. The summed E-state index contributed by atoms with van der Waals surface area (Å²) in [5.74, 6) is -0.000625. The topological polar surface area (TPSA) is 59.2 Å². The minimum Gasteiger partial charge on any atom is -0.330 e. The first-order valence-electron chi connectivity index (χ1n) is 7.25. The monoisotopic (exact) mass is 337 g/mol. The van der Waals surface area contributed by atoms with Gasteiger partial charge >= 0.3 is 0 Å². The van der Waals surface area contributed by atoms with Gasteiger partial charge in [0.1, 0.15) is 5.69 Å². The molecule has 2 aromatic rings. The van der Waals surface area contributed by atoms with E-state index in [1.54, 1.807) is 0 Å². The van der Waals surface area contributed by atoms with Crippen LogP contribution in [0.2, 0.25) is 0 Å². The van der Waals surface area contributed by atoms with Crippen molar-refractivity contribution in [2.45, 2.75) is 26.2 Å². The van der Waals surface area contributed by atoms with E-state index in [0.29, 0.717) is 12.2 Å². The molecule has 2 N–H and O–H groups in total. The van der Waals surface area contributed by atoms with Gasteiger partial charge in [0.15, 0.2) is 0 Å². The normalized spacial score (nSPS) is 13.5. The van der Waals surface area contributed by atoms with Gasteiger partial charge < -0.3 is 10.6 Å². The van der Waals surface area contributed by atoms with Crippen molar-refractivity contribution in [1.29, 1.82) is 0 Å². The number of hydrogen-bond donors (Lipinski definition) is 1. The van der Waals surface area contributed by atoms with Crippen molar-refractivity contribution in [2.24, 2.45) is 5.73 Å². The summed E-state index contributed by atoms with van der Waals surface area (Å²) in [5, 5.41) is 2.78. The molecular weight excluding hydrogens is 318 g/mol. The molecule has 3 rings (SSSR count). The summed E-state index contributed by atoms with van der Waals surface area (Å²) in [6.07, 6.45) is 2.77.